The van der Waals surface area contributed by atoms with Gasteiger partial charge in [-0.1, -0.05) is 182 Å². The normalized spacial score (nSPS) is 11.0. The van der Waals surface area contributed by atoms with Gasteiger partial charge in [-0.05, 0) is 109 Å². The highest BCUT2D eigenvalue weighted by Gasteiger charge is 2.16. The van der Waals surface area contributed by atoms with Crippen molar-refractivity contribution in [3.63, 3.8) is 0 Å². The van der Waals surface area contributed by atoms with Gasteiger partial charge in [-0.3, -0.25) is 0 Å². The van der Waals surface area contributed by atoms with Gasteiger partial charge in [-0.25, -0.2) is 0 Å². The Bertz CT molecular complexity index is 2640. The molecule has 0 aliphatic heterocycles. The van der Waals surface area contributed by atoms with E-state index in [4.69, 9.17) is 0 Å². The van der Waals surface area contributed by atoms with Crippen molar-refractivity contribution in [2.75, 3.05) is 4.90 Å². The lowest BCUT2D eigenvalue weighted by Crippen LogP contribution is -2.10. The van der Waals surface area contributed by atoms with E-state index in [-0.39, 0.29) is 0 Å². The number of benzene rings is 9. The van der Waals surface area contributed by atoms with Gasteiger partial charge in [-0.15, -0.1) is 0 Å². The second-order valence-electron chi connectivity index (χ2n) is 13.4. The summed E-state index contributed by atoms with van der Waals surface area (Å²) in [7, 11) is 0. The molecule has 250 valence electrons. The zero-order valence-electron chi connectivity index (χ0n) is 29.3. The highest BCUT2D eigenvalue weighted by molar-refractivity contribution is 5.97. The van der Waals surface area contributed by atoms with Crippen molar-refractivity contribution in [1.82, 2.24) is 0 Å². The molecule has 9 aromatic rings. The summed E-state index contributed by atoms with van der Waals surface area (Å²) in [5, 5.41) is 2.52. The van der Waals surface area contributed by atoms with Crippen LogP contribution in [0.15, 0.2) is 224 Å². The SMILES string of the molecule is c1ccc(-c2ccc(-c3cccc(N(c4ccc(-c5ccccc5)cc4)c4cccc(-c5cccc(-c6cccc7ccccc67)c5)c4)c3)cc2)cc1. The maximum atomic E-state index is 2.37. The predicted octanol–water partition coefficient (Wildman–Crippen LogP) is 14.6. The molecule has 0 spiro atoms. The maximum Gasteiger partial charge on any atom is 0.0467 e. The van der Waals surface area contributed by atoms with E-state index in [9.17, 15) is 0 Å². The Morgan fingerprint density at radius 1 is 0.226 bits per heavy atom. The van der Waals surface area contributed by atoms with Crippen molar-refractivity contribution in [2.24, 2.45) is 0 Å². The van der Waals surface area contributed by atoms with Crippen LogP contribution in [0.2, 0.25) is 0 Å². The fraction of sp³-hybridized carbons (Fsp3) is 0. The molecule has 0 N–H and O–H groups in total. The number of rotatable bonds is 8. The number of hydrogen-bond donors (Lipinski definition) is 0. The topological polar surface area (TPSA) is 3.24 Å². The summed E-state index contributed by atoms with van der Waals surface area (Å²) in [6.45, 7) is 0. The Balaban J connectivity index is 1.12. The first-order valence-electron chi connectivity index (χ1n) is 18.2. The zero-order chi connectivity index (χ0) is 35.4. The largest absolute Gasteiger partial charge is 0.310 e. The van der Waals surface area contributed by atoms with E-state index >= 15 is 0 Å². The van der Waals surface area contributed by atoms with Crippen LogP contribution in [-0.2, 0) is 0 Å². The van der Waals surface area contributed by atoms with Gasteiger partial charge in [-0.2, -0.15) is 0 Å². The van der Waals surface area contributed by atoms with Gasteiger partial charge < -0.3 is 4.90 Å². The molecule has 0 aliphatic rings. The summed E-state index contributed by atoms with van der Waals surface area (Å²) >= 11 is 0. The van der Waals surface area contributed by atoms with Crippen molar-refractivity contribution >= 4 is 27.8 Å². The summed E-state index contributed by atoms with van der Waals surface area (Å²) in [6.07, 6.45) is 0. The first-order valence-corrected chi connectivity index (χ1v) is 18.2. The summed E-state index contributed by atoms with van der Waals surface area (Å²) in [6, 6.07) is 80.8. The van der Waals surface area contributed by atoms with Gasteiger partial charge in [0.25, 0.3) is 0 Å². The Morgan fingerprint density at radius 3 is 1.25 bits per heavy atom. The van der Waals surface area contributed by atoms with Crippen molar-refractivity contribution in [2.45, 2.75) is 0 Å². The molecule has 0 atom stereocenters. The first-order chi connectivity index (χ1) is 26.3. The third-order valence-electron chi connectivity index (χ3n) is 10.1. The van der Waals surface area contributed by atoms with Gasteiger partial charge >= 0.3 is 0 Å². The van der Waals surface area contributed by atoms with E-state index in [0.29, 0.717) is 0 Å². The fourth-order valence-corrected chi connectivity index (χ4v) is 7.36. The minimum absolute atomic E-state index is 1.10. The molecule has 0 fully saturated rings. The van der Waals surface area contributed by atoms with Gasteiger partial charge in [0.05, 0.1) is 0 Å². The summed E-state index contributed by atoms with van der Waals surface area (Å²) < 4.78 is 0. The lowest BCUT2D eigenvalue weighted by molar-refractivity contribution is 1.28. The number of anilines is 3. The molecule has 0 heterocycles. The number of hydrogen-bond acceptors (Lipinski definition) is 1. The van der Waals surface area contributed by atoms with E-state index in [2.05, 4.69) is 229 Å². The Hall–Kier alpha value is -6.96. The maximum absolute atomic E-state index is 2.37. The Morgan fingerprint density at radius 2 is 0.623 bits per heavy atom. The van der Waals surface area contributed by atoms with Crippen molar-refractivity contribution in [3.05, 3.63) is 224 Å². The van der Waals surface area contributed by atoms with Crippen LogP contribution in [0.1, 0.15) is 0 Å². The van der Waals surface area contributed by atoms with E-state index in [0.717, 1.165) is 17.1 Å². The lowest BCUT2D eigenvalue weighted by atomic mass is 9.95. The third kappa shape index (κ3) is 6.65. The quantitative estimate of drug-likeness (QED) is 0.155. The highest BCUT2D eigenvalue weighted by Crippen LogP contribution is 2.40. The fourth-order valence-electron chi connectivity index (χ4n) is 7.36. The van der Waals surface area contributed by atoms with Crippen molar-refractivity contribution in [1.29, 1.82) is 0 Å². The Labute approximate surface area is 311 Å². The monoisotopic (exact) mass is 675 g/mol. The minimum atomic E-state index is 1.10. The molecule has 0 aliphatic carbocycles. The standard InChI is InChI=1S/C52H37N/c1-3-13-38(14-4-1)40-27-29-42(30-28-40)45-20-10-23-49(36-45)53(48-33-31-41(32-34-48)39-15-5-2-6-16-39)50-24-11-21-46(37-50)44-19-9-22-47(35-44)52-26-12-18-43-17-7-8-25-51(43)52/h1-37H. The molecule has 53 heavy (non-hydrogen) atoms. The summed E-state index contributed by atoms with van der Waals surface area (Å²) in [5.41, 5.74) is 15.3. The minimum Gasteiger partial charge on any atom is -0.310 e. The van der Waals surface area contributed by atoms with Crippen LogP contribution in [0.3, 0.4) is 0 Å². The van der Waals surface area contributed by atoms with Crippen LogP contribution in [0.5, 0.6) is 0 Å². The number of nitrogens with zero attached hydrogens (tertiary/aromatic N) is 1. The van der Waals surface area contributed by atoms with Crippen LogP contribution in [0.4, 0.5) is 17.1 Å². The smallest absolute Gasteiger partial charge is 0.0467 e. The molecular weight excluding hydrogens is 639 g/mol. The van der Waals surface area contributed by atoms with E-state index in [1.54, 1.807) is 0 Å². The molecule has 0 saturated carbocycles. The van der Waals surface area contributed by atoms with Crippen molar-refractivity contribution in [3.8, 4) is 55.6 Å². The van der Waals surface area contributed by atoms with Gasteiger partial charge in [0.15, 0.2) is 0 Å². The summed E-state index contributed by atoms with van der Waals surface area (Å²) in [5.74, 6) is 0. The predicted molar refractivity (Wildman–Crippen MR) is 226 cm³/mol. The molecule has 0 unspecified atom stereocenters. The van der Waals surface area contributed by atoms with Gasteiger partial charge in [0.2, 0.25) is 0 Å². The lowest BCUT2D eigenvalue weighted by Gasteiger charge is -2.27. The molecule has 1 heteroatoms. The average molecular weight is 676 g/mol. The van der Waals surface area contributed by atoms with Crippen LogP contribution in [0, 0.1) is 0 Å². The molecule has 0 amide bonds. The molecule has 0 bridgehead atoms. The molecule has 1 nitrogen and oxygen atoms in total. The van der Waals surface area contributed by atoms with Gasteiger partial charge in [0.1, 0.15) is 0 Å². The zero-order valence-corrected chi connectivity index (χ0v) is 29.3. The molecular formula is C52H37N. The first kappa shape index (κ1) is 32.0. The highest BCUT2D eigenvalue weighted by atomic mass is 15.1. The molecule has 0 aromatic heterocycles. The summed E-state index contributed by atoms with van der Waals surface area (Å²) in [4.78, 5) is 2.37. The van der Waals surface area contributed by atoms with E-state index < -0.39 is 0 Å². The van der Waals surface area contributed by atoms with Gasteiger partial charge in [0, 0.05) is 17.1 Å². The Kier molecular flexibility index (Phi) is 8.66. The second-order valence-corrected chi connectivity index (χ2v) is 13.4. The van der Waals surface area contributed by atoms with Crippen LogP contribution >= 0.6 is 0 Å². The van der Waals surface area contributed by atoms with E-state index in [1.807, 2.05) is 0 Å². The van der Waals surface area contributed by atoms with Crippen LogP contribution < -0.4 is 4.90 Å². The van der Waals surface area contributed by atoms with E-state index in [1.165, 1.54) is 66.4 Å². The van der Waals surface area contributed by atoms with Crippen molar-refractivity contribution < 1.29 is 0 Å². The molecule has 0 saturated heterocycles. The molecule has 9 rings (SSSR count). The van der Waals surface area contributed by atoms with Crippen LogP contribution in [-0.4, -0.2) is 0 Å². The molecule has 0 radical (unpaired) electrons. The number of fused-ring (bicyclic) bond motifs is 1. The molecule has 9 aromatic carbocycles. The third-order valence-corrected chi connectivity index (χ3v) is 10.1. The van der Waals surface area contributed by atoms with Crippen LogP contribution in [0.25, 0.3) is 66.4 Å². The second kappa shape index (κ2) is 14.3. The average Bonchev–Trinajstić information content (AvgIpc) is 3.25.